The lowest BCUT2D eigenvalue weighted by Gasteiger charge is -2.27. The van der Waals surface area contributed by atoms with Crippen LogP contribution in [0.4, 0.5) is 13.2 Å². The van der Waals surface area contributed by atoms with Gasteiger partial charge < -0.3 is 9.47 Å². The lowest BCUT2D eigenvalue weighted by atomic mass is 9.81. The number of nitriles is 1. The van der Waals surface area contributed by atoms with Crippen molar-refractivity contribution in [3.63, 3.8) is 0 Å². The van der Waals surface area contributed by atoms with E-state index in [9.17, 15) is 18.0 Å². The monoisotopic (exact) mass is 417 g/mol. The number of hydrogen-bond acceptors (Lipinski definition) is 4. The zero-order valence-corrected chi connectivity index (χ0v) is 16.6. The summed E-state index contributed by atoms with van der Waals surface area (Å²) in [7, 11) is 0. The Balaban J connectivity index is 1.61. The van der Waals surface area contributed by atoms with E-state index in [0.29, 0.717) is 30.4 Å². The van der Waals surface area contributed by atoms with Gasteiger partial charge in [0, 0.05) is 18.2 Å². The molecule has 2 aromatic carbocycles. The molecule has 0 amide bonds. The molecule has 0 N–H and O–H groups in total. The van der Waals surface area contributed by atoms with Gasteiger partial charge in [0.2, 0.25) is 0 Å². The minimum Gasteiger partial charge on any atom is -0.493 e. The first-order valence-corrected chi connectivity index (χ1v) is 9.95. The van der Waals surface area contributed by atoms with Crippen molar-refractivity contribution >= 4 is 5.97 Å². The highest BCUT2D eigenvalue weighted by Crippen LogP contribution is 2.31. The number of nitrogens with zero attached hydrogens (tertiary/aromatic N) is 1. The van der Waals surface area contributed by atoms with Crippen molar-refractivity contribution in [1.29, 1.82) is 5.26 Å². The fourth-order valence-corrected chi connectivity index (χ4v) is 3.65. The van der Waals surface area contributed by atoms with E-state index in [0.717, 1.165) is 24.8 Å². The molecule has 1 aliphatic carbocycles. The number of esters is 1. The smallest absolute Gasteiger partial charge is 0.346 e. The first-order chi connectivity index (χ1) is 14.4. The predicted octanol–water partition coefficient (Wildman–Crippen LogP) is 5.79. The molecule has 1 aliphatic rings. The van der Waals surface area contributed by atoms with Crippen LogP contribution in [0, 0.1) is 40.6 Å². The maximum Gasteiger partial charge on any atom is 0.346 e. The molecule has 4 nitrogen and oxygen atoms in total. The molecular formula is C23H22F3NO3. The van der Waals surface area contributed by atoms with Crippen molar-refractivity contribution in [3.8, 4) is 17.6 Å². The number of carbonyl (C=O) groups excluding carboxylic acids is 1. The van der Waals surface area contributed by atoms with E-state index in [1.165, 1.54) is 37.5 Å². The predicted molar refractivity (Wildman–Crippen MR) is 104 cm³/mol. The van der Waals surface area contributed by atoms with Crippen LogP contribution in [-0.2, 0) is 0 Å². The van der Waals surface area contributed by atoms with Gasteiger partial charge in [-0.25, -0.2) is 18.0 Å². The molecule has 0 aliphatic heterocycles. The molecule has 0 saturated heterocycles. The van der Waals surface area contributed by atoms with Gasteiger partial charge >= 0.3 is 5.97 Å². The van der Waals surface area contributed by atoms with Crippen LogP contribution in [0.5, 0.6) is 11.5 Å². The van der Waals surface area contributed by atoms with E-state index < -0.39 is 40.3 Å². The molecule has 0 heterocycles. The summed E-state index contributed by atoms with van der Waals surface area (Å²) in [6.45, 7) is 2.69. The third-order valence-corrected chi connectivity index (χ3v) is 5.53. The molecule has 2 aromatic rings. The van der Waals surface area contributed by atoms with E-state index in [-0.39, 0.29) is 0 Å². The zero-order chi connectivity index (χ0) is 21.7. The fourth-order valence-electron chi connectivity index (χ4n) is 3.65. The van der Waals surface area contributed by atoms with E-state index >= 15 is 0 Å². The number of hydrogen-bond donors (Lipinski definition) is 0. The second-order valence-electron chi connectivity index (χ2n) is 7.51. The lowest BCUT2D eigenvalue weighted by molar-refractivity contribution is 0.0729. The summed E-state index contributed by atoms with van der Waals surface area (Å²) in [5.74, 6) is -3.26. The number of benzene rings is 2. The van der Waals surface area contributed by atoms with E-state index in [2.05, 4.69) is 6.92 Å². The molecule has 7 heteroatoms. The highest BCUT2D eigenvalue weighted by atomic mass is 19.1. The minimum absolute atomic E-state index is 0.303. The lowest BCUT2D eigenvalue weighted by Crippen LogP contribution is -2.20. The van der Waals surface area contributed by atoms with Crippen LogP contribution in [0.15, 0.2) is 30.3 Å². The Morgan fingerprint density at radius 2 is 1.60 bits per heavy atom. The van der Waals surface area contributed by atoms with Crippen molar-refractivity contribution in [1.82, 2.24) is 0 Å². The fraction of sp³-hybridized carbons (Fsp3) is 0.391. The maximum absolute atomic E-state index is 14.4. The molecular weight excluding hydrogens is 395 g/mol. The number of carbonyl (C=O) groups is 1. The SMILES string of the molecule is CCC1CCC(COc2ccc(C(=O)Oc3cc(F)c(C#N)c(F)c3)c(F)c2)CC1. The van der Waals surface area contributed by atoms with Gasteiger partial charge in [-0.3, -0.25) is 0 Å². The van der Waals surface area contributed by atoms with Crippen LogP contribution in [0.3, 0.4) is 0 Å². The van der Waals surface area contributed by atoms with Crippen LogP contribution >= 0.6 is 0 Å². The van der Waals surface area contributed by atoms with Gasteiger partial charge in [0.25, 0.3) is 0 Å². The van der Waals surface area contributed by atoms with Crippen molar-refractivity contribution < 1.29 is 27.4 Å². The molecule has 1 fully saturated rings. The quantitative estimate of drug-likeness (QED) is 0.441. The summed E-state index contributed by atoms with van der Waals surface area (Å²) < 4.78 is 52.2. The zero-order valence-electron chi connectivity index (χ0n) is 16.6. The van der Waals surface area contributed by atoms with E-state index in [1.54, 1.807) is 0 Å². The average molecular weight is 417 g/mol. The molecule has 0 aromatic heterocycles. The van der Waals surface area contributed by atoms with Crippen LogP contribution in [0.1, 0.15) is 54.9 Å². The van der Waals surface area contributed by atoms with Crippen molar-refractivity contribution in [2.75, 3.05) is 6.61 Å². The Morgan fingerprint density at radius 3 is 2.17 bits per heavy atom. The average Bonchev–Trinajstić information content (AvgIpc) is 2.72. The molecule has 1 saturated carbocycles. The highest BCUT2D eigenvalue weighted by Gasteiger charge is 2.21. The molecule has 0 radical (unpaired) electrons. The Bertz CT molecular complexity index is 940. The van der Waals surface area contributed by atoms with Crippen molar-refractivity contribution in [2.24, 2.45) is 11.8 Å². The molecule has 30 heavy (non-hydrogen) atoms. The van der Waals surface area contributed by atoms with Crippen LogP contribution in [0.25, 0.3) is 0 Å². The topological polar surface area (TPSA) is 59.3 Å². The maximum atomic E-state index is 14.4. The largest absolute Gasteiger partial charge is 0.493 e. The van der Waals surface area contributed by atoms with Gasteiger partial charge in [-0.15, -0.1) is 0 Å². The standard InChI is InChI=1S/C23H22F3NO3/c1-2-14-3-5-15(6-4-14)13-29-16-7-8-18(20(24)9-16)23(28)30-17-10-21(25)19(12-27)22(26)11-17/h7-11,14-15H,2-6,13H2,1H3. The Labute approximate surface area is 173 Å². The van der Waals surface area contributed by atoms with E-state index in [4.69, 9.17) is 14.7 Å². The number of halogens is 3. The first-order valence-electron chi connectivity index (χ1n) is 9.95. The normalized spacial score (nSPS) is 18.5. The molecule has 0 unspecified atom stereocenters. The third kappa shape index (κ3) is 5.12. The number of ether oxygens (including phenoxy) is 2. The first kappa shape index (κ1) is 21.7. The Hall–Kier alpha value is -3.01. The Morgan fingerprint density at radius 1 is 1.00 bits per heavy atom. The minimum atomic E-state index is -1.17. The summed E-state index contributed by atoms with van der Waals surface area (Å²) >= 11 is 0. The van der Waals surface area contributed by atoms with Crippen molar-refractivity contribution in [3.05, 3.63) is 58.9 Å². The van der Waals surface area contributed by atoms with Gasteiger partial charge in [-0.2, -0.15) is 5.26 Å². The summed E-state index contributed by atoms with van der Waals surface area (Å²) in [5, 5.41) is 8.66. The van der Waals surface area contributed by atoms with Crippen LogP contribution < -0.4 is 9.47 Å². The van der Waals surface area contributed by atoms with Crippen molar-refractivity contribution in [2.45, 2.75) is 39.0 Å². The summed E-state index contributed by atoms with van der Waals surface area (Å²) in [4.78, 5) is 12.2. The summed E-state index contributed by atoms with van der Waals surface area (Å²) in [6, 6.07) is 6.51. The molecule has 0 atom stereocenters. The molecule has 0 bridgehead atoms. The molecule has 158 valence electrons. The number of rotatable bonds is 6. The highest BCUT2D eigenvalue weighted by molar-refractivity contribution is 5.91. The second-order valence-corrected chi connectivity index (χ2v) is 7.51. The van der Waals surface area contributed by atoms with E-state index in [1.807, 2.05) is 0 Å². The van der Waals surface area contributed by atoms with Gasteiger partial charge in [-0.1, -0.05) is 26.2 Å². The van der Waals surface area contributed by atoms with Gasteiger partial charge in [0.1, 0.15) is 40.6 Å². The van der Waals surface area contributed by atoms with Crippen LogP contribution in [0.2, 0.25) is 0 Å². The summed E-state index contributed by atoms with van der Waals surface area (Å²) in [6.07, 6.45) is 5.73. The second kappa shape index (κ2) is 9.66. The third-order valence-electron chi connectivity index (χ3n) is 5.53. The summed E-state index contributed by atoms with van der Waals surface area (Å²) in [5.41, 5.74) is -1.18. The van der Waals surface area contributed by atoms with Gasteiger partial charge in [0.05, 0.1) is 12.2 Å². The molecule has 0 spiro atoms. The van der Waals surface area contributed by atoms with Gasteiger partial charge in [0.15, 0.2) is 0 Å². The Kier molecular flexibility index (Phi) is 6.99. The van der Waals surface area contributed by atoms with Gasteiger partial charge in [-0.05, 0) is 36.8 Å². The van der Waals surface area contributed by atoms with Crippen LogP contribution in [-0.4, -0.2) is 12.6 Å². The molecule has 3 rings (SSSR count).